The molecule has 1 saturated heterocycles. The standard InChI is InChI=1S/C18H26N2O4/c1-19(2)16(21)8-10-18(24)9-5-11-20(13-18)12-14-6-3-4-7-15(14)17(22)23/h3-4,6-7,24H,5,8-13H2,1-2H3,(H,22,23)/t18-/m0/s1. The molecule has 0 unspecified atom stereocenters. The Labute approximate surface area is 142 Å². The summed E-state index contributed by atoms with van der Waals surface area (Å²) < 4.78 is 0. The van der Waals surface area contributed by atoms with Crippen molar-refractivity contribution in [3.05, 3.63) is 35.4 Å². The van der Waals surface area contributed by atoms with Gasteiger partial charge in [-0.1, -0.05) is 18.2 Å². The number of hydrogen-bond acceptors (Lipinski definition) is 4. The minimum Gasteiger partial charge on any atom is -0.478 e. The van der Waals surface area contributed by atoms with Crippen molar-refractivity contribution >= 4 is 11.9 Å². The van der Waals surface area contributed by atoms with Crippen molar-refractivity contribution in [3.63, 3.8) is 0 Å². The number of hydrogen-bond donors (Lipinski definition) is 2. The molecule has 6 nitrogen and oxygen atoms in total. The quantitative estimate of drug-likeness (QED) is 0.825. The monoisotopic (exact) mass is 334 g/mol. The summed E-state index contributed by atoms with van der Waals surface area (Å²) in [6.07, 6.45) is 2.26. The van der Waals surface area contributed by atoms with Gasteiger partial charge in [-0.25, -0.2) is 4.79 Å². The van der Waals surface area contributed by atoms with Gasteiger partial charge in [-0.3, -0.25) is 9.69 Å². The molecule has 1 aliphatic heterocycles. The lowest BCUT2D eigenvalue weighted by molar-refractivity contribution is -0.130. The third-order valence-electron chi connectivity index (χ3n) is 4.58. The number of aromatic carboxylic acids is 1. The van der Waals surface area contributed by atoms with Crippen LogP contribution in [0.2, 0.25) is 0 Å². The number of likely N-dealkylation sites (tertiary alicyclic amines) is 1. The Bertz CT molecular complexity index is 602. The van der Waals surface area contributed by atoms with E-state index in [2.05, 4.69) is 4.90 Å². The van der Waals surface area contributed by atoms with Gasteiger partial charge >= 0.3 is 5.97 Å². The number of nitrogens with zero attached hydrogens (tertiary/aromatic N) is 2. The van der Waals surface area contributed by atoms with Gasteiger partial charge in [0.05, 0.1) is 11.2 Å². The van der Waals surface area contributed by atoms with Gasteiger partial charge in [0, 0.05) is 33.6 Å². The van der Waals surface area contributed by atoms with Crippen LogP contribution in [0.4, 0.5) is 0 Å². The number of carbonyl (C=O) groups is 2. The first-order chi connectivity index (χ1) is 11.3. The predicted octanol–water partition coefficient (Wildman–Crippen LogP) is 1.58. The van der Waals surface area contributed by atoms with Crippen LogP contribution in [0.1, 0.15) is 41.6 Å². The largest absolute Gasteiger partial charge is 0.478 e. The Kier molecular flexibility index (Phi) is 5.96. The van der Waals surface area contributed by atoms with Gasteiger partial charge in [-0.15, -0.1) is 0 Å². The van der Waals surface area contributed by atoms with Crippen molar-refractivity contribution in [2.75, 3.05) is 27.2 Å². The highest BCUT2D eigenvalue weighted by Gasteiger charge is 2.33. The lowest BCUT2D eigenvalue weighted by atomic mass is 9.87. The van der Waals surface area contributed by atoms with E-state index in [1.807, 2.05) is 12.1 Å². The van der Waals surface area contributed by atoms with Crippen molar-refractivity contribution in [1.29, 1.82) is 0 Å². The highest BCUT2D eigenvalue weighted by atomic mass is 16.4. The average Bonchev–Trinajstić information content (AvgIpc) is 2.53. The second kappa shape index (κ2) is 7.77. The molecule has 0 saturated carbocycles. The fourth-order valence-electron chi connectivity index (χ4n) is 3.22. The van der Waals surface area contributed by atoms with Crippen LogP contribution in [0.5, 0.6) is 0 Å². The number of aliphatic hydroxyl groups is 1. The van der Waals surface area contributed by atoms with E-state index in [4.69, 9.17) is 0 Å². The topological polar surface area (TPSA) is 81.1 Å². The fraction of sp³-hybridized carbons (Fsp3) is 0.556. The number of carboxylic acids is 1. The summed E-state index contributed by atoms with van der Waals surface area (Å²) >= 11 is 0. The minimum absolute atomic E-state index is 0.0109. The molecule has 1 aromatic carbocycles. The van der Waals surface area contributed by atoms with E-state index in [1.54, 1.807) is 26.2 Å². The molecular formula is C18H26N2O4. The molecule has 0 aromatic heterocycles. The maximum atomic E-state index is 11.8. The van der Waals surface area contributed by atoms with Crippen molar-refractivity contribution in [1.82, 2.24) is 9.80 Å². The number of carbonyl (C=O) groups excluding carboxylic acids is 1. The van der Waals surface area contributed by atoms with Crippen LogP contribution in [0.25, 0.3) is 0 Å². The molecule has 1 aliphatic rings. The maximum absolute atomic E-state index is 11.8. The first kappa shape index (κ1) is 18.4. The molecule has 1 atom stereocenters. The predicted molar refractivity (Wildman–Crippen MR) is 90.8 cm³/mol. The van der Waals surface area contributed by atoms with E-state index in [-0.39, 0.29) is 5.91 Å². The zero-order chi connectivity index (χ0) is 17.7. The summed E-state index contributed by atoms with van der Waals surface area (Å²) in [7, 11) is 3.42. The van der Waals surface area contributed by atoms with E-state index in [9.17, 15) is 19.8 Å². The molecule has 0 aliphatic carbocycles. The van der Waals surface area contributed by atoms with E-state index in [0.29, 0.717) is 37.9 Å². The lowest BCUT2D eigenvalue weighted by Gasteiger charge is -2.39. The van der Waals surface area contributed by atoms with Gasteiger partial charge < -0.3 is 15.1 Å². The highest BCUT2D eigenvalue weighted by Crippen LogP contribution is 2.27. The Balaban J connectivity index is 2.00. The average molecular weight is 334 g/mol. The summed E-state index contributed by atoms with van der Waals surface area (Å²) in [4.78, 5) is 26.7. The molecule has 132 valence electrons. The lowest BCUT2D eigenvalue weighted by Crippen LogP contribution is -2.48. The number of rotatable bonds is 6. The van der Waals surface area contributed by atoms with Gasteiger partial charge in [0.1, 0.15) is 0 Å². The molecule has 6 heteroatoms. The van der Waals surface area contributed by atoms with Crippen LogP contribution < -0.4 is 0 Å². The first-order valence-corrected chi connectivity index (χ1v) is 8.27. The number of amides is 1. The Morgan fingerprint density at radius 3 is 2.67 bits per heavy atom. The minimum atomic E-state index is -0.936. The zero-order valence-electron chi connectivity index (χ0n) is 14.4. The zero-order valence-corrected chi connectivity index (χ0v) is 14.4. The van der Waals surface area contributed by atoms with Gasteiger partial charge in [0.25, 0.3) is 0 Å². The molecule has 1 heterocycles. The van der Waals surface area contributed by atoms with Crippen LogP contribution in [0, 0.1) is 0 Å². The van der Waals surface area contributed by atoms with Crippen molar-refractivity contribution < 1.29 is 19.8 Å². The Morgan fingerprint density at radius 1 is 1.29 bits per heavy atom. The second-order valence-corrected chi connectivity index (χ2v) is 6.79. The van der Waals surface area contributed by atoms with E-state index >= 15 is 0 Å². The van der Waals surface area contributed by atoms with Crippen LogP contribution >= 0.6 is 0 Å². The molecule has 0 spiro atoms. The van der Waals surface area contributed by atoms with Gasteiger partial charge in [0.2, 0.25) is 5.91 Å². The third kappa shape index (κ3) is 4.79. The number of benzene rings is 1. The number of carboxylic acid groups (broad SMARTS) is 1. The fourth-order valence-corrected chi connectivity index (χ4v) is 3.22. The summed E-state index contributed by atoms with van der Waals surface area (Å²) in [6.45, 7) is 1.77. The molecule has 1 amide bonds. The van der Waals surface area contributed by atoms with E-state index < -0.39 is 11.6 Å². The van der Waals surface area contributed by atoms with Gasteiger partial charge in [-0.05, 0) is 37.4 Å². The second-order valence-electron chi connectivity index (χ2n) is 6.79. The van der Waals surface area contributed by atoms with Crippen molar-refractivity contribution in [2.45, 2.75) is 37.8 Å². The number of piperidine rings is 1. The van der Waals surface area contributed by atoms with Crippen molar-refractivity contribution in [3.8, 4) is 0 Å². The maximum Gasteiger partial charge on any atom is 0.336 e. The summed E-state index contributed by atoms with van der Waals surface area (Å²) in [6, 6.07) is 6.95. The van der Waals surface area contributed by atoms with Gasteiger partial charge in [0.15, 0.2) is 0 Å². The molecule has 24 heavy (non-hydrogen) atoms. The van der Waals surface area contributed by atoms with Crippen LogP contribution in [0.15, 0.2) is 24.3 Å². The van der Waals surface area contributed by atoms with E-state index in [0.717, 1.165) is 18.5 Å². The van der Waals surface area contributed by atoms with Gasteiger partial charge in [-0.2, -0.15) is 0 Å². The molecule has 0 bridgehead atoms. The molecule has 2 N–H and O–H groups in total. The Hall–Kier alpha value is -1.92. The SMILES string of the molecule is CN(C)C(=O)CC[C@@]1(O)CCCN(Cc2ccccc2C(=O)O)C1. The molecule has 2 rings (SSSR count). The van der Waals surface area contributed by atoms with E-state index in [1.165, 1.54) is 4.90 Å². The third-order valence-corrected chi connectivity index (χ3v) is 4.58. The Morgan fingerprint density at radius 2 is 2.00 bits per heavy atom. The smallest absolute Gasteiger partial charge is 0.336 e. The summed E-state index contributed by atoms with van der Waals surface area (Å²) in [5.41, 5.74) is 0.162. The van der Waals surface area contributed by atoms with Crippen LogP contribution in [-0.2, 0) is 11.3 Å². The normalized spacial score (nSPS) is 21.5. The summed E-state index contributed by atoms with van der Waals surface area (Å²) in [5.74, 6) is -0.925. The van der Waals surface area contributed by atoms with Crippen LogP contribution in [-0.4, -0.2) is 64.7 Å². The van der Waals surface area contributed by atoms with Crippen molar-refractivity contribution in [2.24, 2.45) is 0 Å². The van der Waals surface area contributed by atoms with Crippen LogP contribution in [0.3, 0.4) is 0 Å². The molecular weight excluding hydrogens is 308 g/mol. The summed E-state index contributed by atoms with van der Waals surface area (Å²) in [5, 5.41) is 20.1. The molecule has 1 fully saturated rings. The molecule has 1 aromatic rings. The first-order valence-electron chi connectivity index (χ1n) is 8.27. The molecule has 0 radical (unpaired) electrons. The number of β-amino-alcohol motifs (C(OH)–C–C–N with tert-alkyl or cyclic N) is 1. The highest BCUT2D eigenvalue weighted by molar-refractivity contribution is 5.89.